The van der Waals surface area contributed by atoms with Gasteiger partial charge in [0.2, 0.25) is 0 Å². The topological polar surface area (TPSA) is 68.3 Å². The molecule has 0 aliphatic carbocycles. The molecular weight excluding hydrogens is 376 g/mol. The first-order valence-electron chi connectivity index (χ1n) is 8.93. The quantitative estimate of drug-likeness (QED) is 0.643. The van der Waals surface area contributed by atoms with Gasteiger partial charge < -0.3 is 10.1 Å². The molecule has 5 nitrogen and oxygen atoms in total. The molecule has 3 rings (SSSR count). The number of hydrogen-bond donors (Lipinski definition) is 1. The number of carbonyl (C=O) groups excluding carboxylic acids is 2. The van der Waals surface area contributed by atoms with Crippen molar-refractivity contribution >= 4 is 34.4 Å². The van der Waals surface area contributed by atoms with Crippen molar-refractivity contribution in [3.05, 3.63) is 75.9 Å². The van der Waals surface area contributed by atoms with Crippen LogP contribution in [-0.4, -0.2) is 23.5 Å². The zero-order valence-electron chi connectivity index (χ0n) is 16.0. The monoisotopic (exact) mass is 396 g/mol. The smallest absolute Gasteiger partial charge is 0.339 e. The summed E-state index contributed by atoms with van der Waals surface area (Å²) in [7, 11) is 0. The predicted octanol–water partition coefficient (Wildman–Crippen LogP) is 4.54. The first-order chi connectivity index (χ1) is 13.3. The van der Waals surface area contributed by atoms with Crippen molar-refractivity contribution in [2.45, 2.75) is 26.8 Å². The maximum atomic E-state index is 12.6. The lowest BCUT2D eigenvalue weighted by Crippen LogP contribution is -2.31. The predicted molar refractivity (Wildman–Crippen MR) is 110 cm³/mol. The molecule has 28 heavy (non-hydrogen) atoms. The van der Waals surface area contributed by atoms with E-state index < -0.39 is 5.97 Å². The highest BCUT2D eigenvalue weighted by Crippen LogP contribution is 2.21. The Morgan fingerprint density at radius 2 is 1.82 bits per heavy atom. The van der Waals surface area contributed by atoms with E-state index in [9.17, 15) is 9.59 Å². The Morgan fingerprint density at radius 1 is 1.11 bits per heavy atom. The van der Waals surface area contributed by atoms with Gasteiger partial charge in [0.25, 0.3) is 5.91 Å². The molecule has 1 N–H and O–H groups in total. The first-order valence-corrected chi connectivity index (χ1v) is 9.31. The minimum Gasteiger partial charge on any atom is -0.452 e. The third-order valence-corrected chi connectivity index (χ3v) is 4.65. The third-order valence-electron chi connectivity index (χ3n) is 4.39. The average Bonchev–Trinajstić information content (AvgIpc) is 2.66. The van der Waals surface area contributed by atoms with Crippen molar-refractivity contribution in [2.24, 2.45) is 0 Å². The number of amides is 1. The number of pyridine rings is 1. The Bertz CT molecular complexity index is 1030. The van der Waals surface area contributed by atoms with Gasteiger partial charge in [0, 0.05) is 16.1 Å². The Hall–Kier alpha value is -2.92. The van der Waals surface area contributed by atoms with Gasteiger partial charge in [0.15, 0.2) is 6.61 Å². The van der Waals surface area contributed by atoms with E-state index in [1.54, 1.807) is 18.2 Å². The van der Waals surface area contributed by atoms with Gasteiger partial charge in [-0.1, -0.05) is 35.4 Å². The normalized spacial score (nSPS) is 11.9. The SMILES string of the molecule is Cc1ccc2nc(C)cc(C(=O)OCC(=O)NC(C)c3ccc(Cl)cc3)c2c1. The number of aromatic nitrogens is 1. The maximum Gasteiger partial charge on any atom is 0.339 e. The van der Waals surface area contributed by atoms with Gasteiger partial charge in [0.05, 0.1) is 17.1 Å². The number of nitrogens with one attached hydrogen (secondary N) is 1. The number of nitrogens with zero attached hydrogens (tertiary/aromatic N) is 1. The summed E-state index contributed by atoms with van der Waals surface area (Å²) < 4.78 is 5.25. The van der Waals surface area contributed by atoms with Gasteiger partial charge in [-0.15, -0.1) is 0 Å². The number of carbonyl (C=O) groups is 2. The summed E-state index contributed by atoms with van der Waals surface area (Å²) in [6.45, 7) is 5.26. The third kappa shape index (κ3) is 4.67. The molecule has 0 bridgehead atoms. The first kappa shape index (κ1) is 19.8. The van der Waals surface area contributed by atoms with Crippen LogP contribution in [0, 0.1) is 13.8 Å². The highest BCUT2D eigenvalue weighted by atomic mass is 35.5. The highest BCUT2D eigenvalue weighted by molar-refractivity contribution is 6.30. The van der Waals surface area contributed by atoms with Gasteiger partial charge in [-0.3, -0.25) is 9.78 Å². The van der Waals surface area contributed by atoms with E-state index in [1.165, 1.54) is 0 Å². The molecule has 1 unspecified atom stereocenters. The van der Waals surface area contributed by atoms with Crippen LogP contribution in [0.3, 0.4) is 0 Å². The lowest BCUT2D eigenvalue weighted by atomic mass is 10.1. The molecule has 0 radical (unpaired) electrons. The standard InChI is InChI=1S/C22H21ClN2O3/c1-13-4-9-20-18(10-13)19(11-14(2)24-20)22(27)28-12-21(26)25-15(3)16-5-7-17(23)8-6-16/h4-11,15H,12H2,1-3H3,(H,25,26). The second-order valence-electron chi connectivity index (χ2n) is 6.75. The van der Waals surface area contributed by atoms with Crippen molar-refractivity contribution < 1.29 is 14.3 Å². The Labute approximate surface area is 168 Å². The molecule has 1 amide bonds. The molecule has 1 heterocycles. The molecular formula is C22H21ClN2O3. The van der Waals surface area contributed by atoms with Crippen LogP contribution >= 0.6 is 11.6 Å². The fourth-order valence-electron chi connectivity index (χ4n) is 2.97. The maximum absolute atomic E-state index is 12.6. The van der Waals surface area contributed by atoms with E-state index in [0.29, 0.717) is 21.7 Å². The zero-order valence-corrected chi connectivity index (χ0v) is 16.7. The number of ether oxygens (including phenoxy) is 1. The van der Waals surface area contributed by atoms with Crippen LogP contribution in [0.15, 0.2) is 48.5 Å². The second-order valence-corrected chi connectivity index (χ2v) is 7.19. The fraction of sp³-hybridized carbons (Fsp3) is 0.227. The van der Waals surface area contributed by atoms with Gasteiger partial charge in [0.1, 0.15) is 0 Å². The summed E-state index contributed by atoms with van der Waals surface area (Å²) in [6, 6.07) is 14.4. The van der Waals surface area contributed by atoms with E-state index >= 15 is 0 Å². The van der Waals surface area contributed by atoms with Crippen LogP contribution < -0.4 is 5.32 Å². The summed E-state index contributed by atoms with van der Waals surface area (Å²) in [5.41, 5.74) is 3.77. The second kappa shape index (κ2) is 8.40. The summed E-state index contributed by atoms with van der Waals surface area (Å²) >= 11 is 5.88. The summed E-state index contributed by atoms with van der Waals surface area (Å²) in [6.07, 6.45) is 0. The number of rotatable bonds is 5. The number of benzene rings is 2. The number of halogens is 1. The van der Waals surface area contributed by atoms with Gasteiger partial charge in [-0.05, 0) is 56.7 Å². The number of aryl methyl sites for hydroxylation is 2. The van der Waals surface area contributed by atoms with Crippen LogP contribution in [0.4, 0.5) is 0 Å². The van der Waals surface area contributed by atoms with Crippen molar-refractivity contribution in [1.29, 1.82) is 0 Å². The average molecular weight is 397 g/mol. The van der Waals surface area contributed by atoms with E-state index in [0.717, 1.165) is 16.6 Å². The molecule has 0 fully saturated rings. The summed E-state index contributed by atoms with van der Waals surface area (Å²) in [5.74, 6) is -0.919. The van der Waals surface area contributed by atoms with Crippen LogP contribution in [0.2, 0.25) is 5.02 Å². The molecule has 0 spiro atoms. The Morgan fingerprint density at radius 3 is 2.54 bits per heavy atom. The number of fused-ring (bicyclic) bond motifs is 1. The highest BCUT2D eigenvalue weighted by Gasteiger charge is 2.16. The minimum atomic E-state index is -0.546. The molecule has 2 aromatic carbocycles. The zero-order chi connectivity index (χ0) is 20.3. The van der Waals surface area contributed by atoms with Gasteiger partial charge >= 0.3 is 5.97 Å². The van der Waals surface area contributed by atoms with Crippen molar-refractivity contribution in [2.75, 3.05) is 6.61 Å². The fourth-order valence-corrected chi connectivity index (χ4v) is 3.09. The number of esters is 1. The largest absolute Gasteiger partial charge is 0.452 e. The van der Waals surface area contributed by atoms with E-state index in [4.69, 9.17) is 16.3 Å². The van der Waals surface area contributed by atoms with Crippen LogP contribution in [0.1, 0.15) is 40.1 Å². The lowest BCUT2D eigenvalue weighted by molar-refractivity contribution is -0.124. The van der Waals surface area contributed by atoms with E-state index in [2.05, 4.69) is 10.3 Å². The van der Waals surface area contributed by atoms with Crippen LogP contribution in [-0.2, 0) is 9.53 Å². The molecule has 0 saturated heterocycles. The van der Waals surface area contributed by atoms with E-state index in [-0.39, 0.29) is 18.6 Å². The molecule has 0 aliphatic rings. The van der Waals surface area contributed by atoms with Crippen LogP contribution in [0.25, 0.3) is 10.9 Å². The van der Waals surface area contributed by atoms with Crippen molar-refractivity contribution in [3.63, 3.8) is 0 Å². The van der Waals surface area contributed by atoms with Crippen molar-refractivity contribution in [3.8, 4) is 0 Å². The molecule has 144 valence electrons. The van der Waals surface area contributed by atoms with Crippen molar-refractivity contribution in [1.82, 2.24) is 10.3 Å². The molecule has 1 aromatic heterocycles. The molecule has 6 heteroatoms. The molecule has 1 atom stereocenters. The molecule has 0 aliphatic heterocycles. The Kier molecular flexibility index (Phi) is 5.95. The summed E-state index contributed by atoms with van der Waals surface area (Å²) in [4.78, 5) is 29.2. The minimum absolute atomic E-state index is 0.227. The molecule has 0 saturated carbocycles. The van der Waals surface area contributed by atoms with Gasteiger partial charge in [-0.2, -0.15) is 0 Å². The van der Waals surface area contributed by atoms with E-state index in [1.807, 2.05) is 51.1 Å². The van der Waals surface area contributed by atoms with Crippen LogP contribution in [0.5, 0.6) is 0 Å². The number of hydrogen-bond acceptors (Lipinski definition) is 4. The lowest BCUT2D eigenvalue weighted by Gasteiger charge is -2.15. The molecule has 3 aromatic rings. The summed E-state index contributed by atoms with van der Waals surface area (Å²) in [5, 5.41) is 4.15. The Balaban J connectivity index is 1.67. The van der Waals surface area contributed by atoms with Gasteiger partial charge in [-0.25, -0.2) is 4.79 Å².